The van der Waals surface area contributed by atoms with Crippen molar-refractivity contribution in [3.05, 3.63) is 0 Å². The molecule has 0 spiro atoms. The molecule has 3 rings (SSSR count). The molecule has 0 aromatic carbocycles. The first-order chi connectivity index (χ1) is 11.1. The molecule has 4 unspecified atom stereocenters. The van der Waals surface area contributed by atoms with Gasteiger partial charge in [0.15, 0.2) is 0 Å². The zero-order valence-electron chi connectivity index (χ0n) is 14.1. The molecule has 3 heterocycles. The van der Waals surface area contributed by atoms with Crippen molar-refractivity contribution in [3.63, 3.8) is 0 Å². The molecule has 0 radical (unpaired) electrons. The molecule has 0 aromatic rings. The molecule has 0 saturated carbocycles. The van der Waals surface area contributed by atoms with Crippen LogP contribution in [0.25, 0.3) is 0 Å². The maximum Gasteiger partial charge on any atom is 0.252 e. The van der Waals surface area contributed by atoms with E-state index in [0.717, 1.165) is 45.1 Å². The first-order valence-electron chi connectivity index (χ1n) is 9.04. The predicted molar refractivity (Wildman–Crippen MR) is 86.7 cm³/mol. The monoisotopic (exact) mass is 323 g/mol. The number of amides is 2. The molecular formula is C17H29N3O3. The van der Waals surface area contributed by atoms with Gasteiger partial charge in [0.1, 0.15) is 12.1 Å². The Kier molecular flexibility index (Phi) is 5.21. The van der Waals surface area contributed by atoms with Crippen molar-refractivity contribution in [2.24, 2.45) is 11.7 Å². The fourth-order valence-corrected chi connectivity index (χ4v) is 4.22. The third kappa shape index (κ3) is 3.38. The molecule has 6 nitrogen and oxygen atoms in total. The molecule has 2 amide bonds. The highest BCUT2D eigenvalue weighted by Crippen LogP contribution is 2.28. The average Bonchev–Trinajstić information content (AvgIpc) is 3.23. The van der Waals surface area contributed by atoms with Crippen LogP contribution in [-0.4, -0.2) is 66.0 Å². The summed E-state index contributed by atoms with van der Waals surface area (Å²) in [5.74, 6) is 0.516. The topological polar surface area (TPSA) is 75.9 Å². The summed E-state index contributed by atoms with van der Waals surface area (Å²) in [5.41, 5.74) is 5.78. The minimum Gasteiger partial charge on any atom is -0.368 e. The van der Waals surface area contributed by atoms with E-state index in [1.807, 2.05) is 4.90 Å². The van der Waals surface area contributed by atoms with Crippen LogP contribution >= 0.6 is 0 Å². The summed E-state index contributed by atoms with van der Waals surface area (Å²) in [7, 11) is 0. The summed E-state index contributed by atoms with van der Waals surface area (Å²) >= 11 is 0. The van der Waals surface area contributed by atoms with Crippen molar-refractivity contribution < 1.29 is 14.3 Å². The van der Waals surface area contributed by atoms with Crippen LogP contribution in [0.3, 0.4) is 0 Å². The summed E-state index contributed by atoms with van der Waals surface area (Å²) in [6, 6.07) is -0.0860. The van der Waals surface area contributed by atoms with Crippen LogP contribution in [0.5, 0.6) is 0 Å². The number of hydrogen-bond acceptors (Lipinski definition) is 4. The number of hydrogen-bond donors (Lipinski definition) is 1. The van der Waals surface area contributed by atoms with Gasteiger partial charge in [-0.3, -0.25) is 9.59 Å². The van der Waals surface area contributed by atoms with Gasteiger partial charge in [-0.15, -0.1) is 0 Å². The van der Waals surface area contributed by atoms with E-state index in [1.165, 1.54) is 0 Å². The molecular weight excluding hydrogens is 294 g/mol. The lowest BCUT2D eigenvalue weighted by molar-refractivity contribution is -0.153. The Hall–Kier alpha value is -1.14. The SMILES string of the molecule is CC1CC(CN)CN1C(=O)C1CCCCN1C(=O)C1CCCO1. The van der Waals surface area contributed by atoms with E-state index in [-0.39, 0.29) is 30.0 Å². The van der Waals surface area contributed by atoms with Crippen molar-refractivity contribution in [1.82, 2.24) is 9.80 Å². The molecule has 3 fully saturated rings. The van der Waals surface area contributed by atoms with Gasteiger partial charge in [0, 0.05) is 25.7 Å². The Labute approximate surface area is 138 Å². The fourth-order valence-electron chi connectivity index (χ4n) is 4.22. The van der Waals surface area contributed by atoms with E-state index in [4.69, 9.17) is 10.5 Å². The third-order valence-corrected chi connectivity index (χ3v) is 5.55. The van der Waals surface area contributed by atoms with Gasteiger partial charge in [-0.05, 0) is 57.9 Å². The number of likely N-dealkylation sites (tertiary alicyclic amines) is 2. The van der Waals surface area contributed by atoms with Crippen molar-refractivity contribution in [2.75, 3.05) is 26.2 Å². The summed E-state index contributed by atoms with van der Waals surface area (Å²) < 4.78 is 5.54. The Morgan fingerprint density at radius 1 is 1.13 bits per heavy atom. The minimum absolute atomic E-state index is 0.0165. The highest BCUT2D eigenvalue weighted by molar-refractivity contribution is 5.90. The van der Waals surface area contributed by atoms with Crippen LogP contribution in [0, 0.1) is 5.92 Å². The van der Waals surface area contributed by atoms with E-state index in [1.54, 1.807) is 4.90 Å². The van der Waals surface area contributed by atoms with E-state index in [9.17, 15) is 9.59 Å². The number of nitrogens with two attached hydrogens (primary N) is 1. The molecule has 4 atom stereocenters. The van der Waals surface area contributed by atoms with Gasteiger partial charge in [0.2, 0.25) is 5.91 Å². The van der Waals surface area contributed by atoms with Gasteiger partial charge in [-0.2, -0.15) is 0 Å². The zero-order valence-corrected chi connectivity index (χ0v) is 14.1. The first-order valence-corrected chi connectivity index (χ1v) is 9.04. The van der Waals surface area contributed by atoms with Gasteiger partial charge < -0.3 is 20.3 Å². The summed E-state index contributed by atoms with van der Waals surface area (Å²) in [4.78, 5) is 29.5. The number of piperidine rings is 1. The van der Waals surface area contributed by atoms with Crippen molar-refractivity contribution in [1.29, 1.82) is 0 Å². The number of rotatable bonds is 3. The molecule has 0 aromatic heterocycles. The van der Waals surface area contributed by atoms with Crippen LogP contribution in [0.15, 0.2) is 0 Å². The summed E-state index contributed by atoms with van der Waals surface area (Å²) in [6.45, 7) is 4.77. The summed E-state index contributed by atoms with van der Waals surface area (Å²) in [5, 5.41) is 0. The zero-order chi connectivity index (χ0) is 16.4. The Balaban J connectivity index is 1.70. The predicted octanol–water partition coefficient (Wildman–Crippen LogP) is 0.742. The maximum absolute atomic E-state index is 13.1. The number of carbonyl (C=O) groups is 2. The summed E-state index contributed by atoms with van der Waals surface area (Å²) in [6.07, 6.45) is 5.10. The lowest BCUT2D eigenvalue weighted by Gasteiger charge is -2.38. The van der Waals surface area contributed by atoms with E-state index in [0.29, 0.717) is 25.6 Å². The fraction of sp³-hybridized carbons (Fsp3) is 0.882. The van der Waals surface area contributed by atoms with Crippen LogP contribution in [0.4, 0.5) is 0 Å². The lowest BCUT2D eigenvalue weighted by atomic mass is 9.99. The Morgan fingerprint density at radius 3 is 2.61 bits per heavy atom. The van der Waals surface area contributed by atoms with Crippen LogP contribution in [0.2, 0.25) is 0 Å². The first kappa shape index (κ1) is 16.7. The van der Waals surface area contributed by atoms with Crippen LogP contribution in [0.1, 0.15) is 45.4 Å². The van der Waals surface area contributed by atoms with Crippen LogP contribution in [-0.2, 0) is 14.3 Å². The van der Waals surface area contributed by atoms with E-state index in [2.05, 4.69) is 6.92 Å². The van der Waals surface area contributed by atoms with Crippen molar-refractivity contribution in [3.8, 4) is 0 Å². The van der Waals surface area contributed by atoms with Crippen molar-refractivity contribution in [2.45, 2.75) is 63.6 Å². The van der Waals surface area contributed by atoms with E-state index < -0.39 is 0 Å². The molecule has 3 saturated heterocycles. The minimum atomic E-state index is -0.337. The second kappa shape index (κ2) is 7.18. The molecule has 130 valence electrons. The smallest absolute Gasteiger partial charge is 0.252 e. The number of nitrogens with zero attached hydrogens (tertiary/aromatic N) is 2. The number of carbonyl (C=O) groups excluding carboxylic acids is 2. The van der Waals surface area contributed by atoms with Crippen molar-refractivity contribution >= 4 is 11.8 Å². The van der Waals surface area contributed by atoms with Crippen LogP contribution < -0.4 is 5.73 Å². The van der Waals surface area contributed by atoms with Gasteiger partial charge in [0.25, 0.3) is 5.91 Å². The lowest BCUT2D eigenvalue weighted by Crippen LogP contribution is -2.55. The quantitative estimate of drug-likeness (QED) is 0.831. The number of ether oxygens (including phenoxy) is 1. The van der Waals surface area contributed by atoms with Gasteiger partial charge >= 0.3 is 0 Å². The van der Waals surface area contributed by atoms with Gasteiger partial charge in [-0.25, -0.2) is 0 Å². The largest absolute Gasteiger partial charge is 0.368 e. The molecule has 0 bridgehead atoms. The molecule has 2 N–H and O–H groups in total. The molecule has 3 aliphatic heterocycles. The third-order valence-electron chi connectivity index (χ3n) is 5.55. The molecule has 6 heteroatoms. The average molecular weight is 323 g/mol. The second-order valence-electron chi connectivity index (χ2n) is 7.22. The highest BCUT2D eigenvalue weighted by Gasteiger charge is 2.41. The Morgan fingerprint density at radius 2 is 1.96 bits per heavy atom. The van der Waals surface area contributed by atoms with Gasteiger partial charge in [0.05, 0.1) is 0 Å². The second-order valence-corrected chi connectivity index (χ2v) is 7.22. The maximum atomic E-state index is 13.1. The molecule has 3 aliphatic rings. The normalized spacial score (nSPS) is 34.9. The standard InChI is InChI=1S/C17H29N3O3/c1-12-9-13(10-18)11-20(12)16(21)14-5-2-3-7-19(14)17(22)15-6-4-8-23-15/h12-15H,2-11,18H2,1H3. The molecule has 23 heavy (non-hydrogen) atoms. The molecule has 0 aliphatic carbocycles. The van der Waals surface area contributed by atoms with E-state index >= 15 is 0 Å². The Bertz CT molecular complexity index is 450. The van der Waals surface area contributed by atoms with Gasteiger partial charge in [-0.1, -0.05) is 0 Å². The highest BCUT2D eigenvalue weighted by atomic mass is 16.5.